The fraction of sp³-hybridized carbons (Fsp3) is 0.316. The minimum atomic E-state index is -4.43. The van der Waals surface area contributed by atoms with Crippen molar-refractivity contribution in [1.29, 1.82) is 0 Å². The molecule has 0 saturated carbocycles. The number of piperidine rings is 1. The third kappa shape index (κ3) is 3.25. The lowest BCUT2D eigenvalue weighted by atomic mass is 9.96. The summed E-state index contributed by atoms with van der Waals surface area (Å²) >= 11 is 0. The Morgan fingerprint density at radius 3 is 2.53 bits per heavy atom. The van der Waals surface area contributed by atoms with Crippen molar-refractivity contribution in [1.82, 2.24) is 34.6 Å². The highest BCUT2D eigenvalue weighted by Crippen LogP contribution is 2.37. The summed E-state index contributed by atoms with van der Waals surface area (Å²) in [7, 11) is 0. The van der Waals surface area contributed by atoms with Gasteiger partial charge in [0.2, 0.25) is 0 Å². The van der Waals surface area contributed by atoms with E-state index in [9.17, 15) is 13.2 Å². The topological polar surface area (TPSA) is 77.0 Å². The van der Waals surface area contributed by atoms with Crippen LogP contribution in [0.5, 0.6) is 0 Å². The first-order valence-corrected chi connectivity index (χ1v) is 9.50. The Kier molecular flexibility index (Phi) is 4.37. The molecule has 1 aliphatic heterocycles. The Hall–Kier alpha value is -3.50. The molecule has 1 fully saturated rings. The van der Waals surface area contributed by atoms with Crippen LogP contribution in [0.15, 0.2) is 48.9 Å². The number of nitrogens with zero attached hydrogens (tertiary/aromatic N) is 8. The molecule has 0 amide bonds. The minimum absolute atomic E-state index is 0.0198. The Balaban J connectivity index is 1.39. The van der Waals surface area contributed by atoms with Crippen LogP contribution in [0.2, 0.25) is 0 Å². The van der Waals surface area contributed by atoms with Crippen molar-refractivity contribution in [3.05, 3.63) is 60.3 Å². The van der Waals surface area contributed by atoms with Gasteiger partial charge in [0, 0.05) is 37.6 Å². The van der Waals surface area contributed by atoms with E-state index in [4.69, 9.17) is 0 Å². The molecule has 30 heavy (non-hydrogen) atoms. The van der Waals surface area contributed by atoms with Gasteiger partial charge in [-0.3, -0.25) is 0 Å². The first kappa shape index (κ1) is 18.5. The SMILES string of the molecule is FC(F)(F)c1cccnc1N1CCC(c2nnc3ccc(-n4cccn4)nn23)CC1. The summed E-state index contributed by atoms with van der Waals surface area (Å²) in [6.07, 6.45) is 1.67. The van der Waals surface area contributed by atoms with Gasteiger partial charge < -0.3 is 4.90 Å². The second-order valence-corrected chi connectivity index (χ2v) is 7.10. The van der Waals surface area contributed by atoms with Crippen LogP contribution in [-0.2, 0) is 6.18 Å². The summed E-state index contributed by atoms with van der Waals surface area (Å²) in [5.74, 6) is 1.35. The van der Waals surface area contributed by atoms with E-state index >= 15 is 0 Å². The van der Waals surface area contributed by atoms with E-state index in [1.807, 2.05) is 18.2 Å². The van der Waals surface area contributed by atoms with Gasteiger partial charge in [-0.1, -0.05) is 0 Å². The zero-order valence-corrected chi connectivity index (χ0v) is 15.7. The third-order valence-corrected chi connectivity index (χ3v) is 5.26. The highest BCUT2D eigenvalue weighted by atomic mass is 19.4. The summed E-state index contributed by atoms with van der Waals surface area (Å²) in [5, 5.41) is 17.3. The molecule has 4 aromatic heterocycles. The van der Waals surface area contributed by atoms with Gasteiger partial charge in [-0.15, -0.1) is 15.3 Å². The normalized spacial score (nSPS) is 15.8. The van der Waals surface area contributed by atoms with Gasteiger partial charge >= 0.3 is 6.18 Å². The van der Waals surface area contributed by atoms with Crippen LogP contribution >= 0.6 is 0 Å². The summed E-state index contributed by atoms with van der Waals surface area (Å²) in [4.78, 5) is 5.68. The van der Waals surface area contributed by atoms with Gasteiger partial charge in [-0.25, -0.2) is 9.67 Å². The number of fused-ring (bicyclic) bond motifs is 1. The van der Waals surface area contributed by atoms with Gasteiger partial charge in [0.1, 0.15) is 5.82 Å². The summed E-state index contributed by atoms with van der Waals surface area (Å²) in [5.41, 5.74) is -0.0886. The minimum Gasteiger partial charge on any atom is -0.356 e. The fourth-order valence-corrected chi connectivity index (χ4v) is 3.80. The number of hydrogen-bond donors (Lipinski definition) is 0. The Morgan fingerprint density at radius 1 is 0.967 bits per heavy atom. The average molecular weight is 414 g/mol. The molecule has 1 saturated heterocycles. The Labute approximate surface area is 169 Å². The van der Waals surface area contributed by atoms with Gasteiger partial charge in [0.15, 0.2) is 17.3 Å². The van der Waals surface area contributed by atoms with Gasteiger partial charge in [0.25, 0.3) is 0 Å². The molecule has 11 heteroatoms. The highest BCUT2D eigenvalue weighted by Gasteiger charge is 2.36. The van der Waals surface area contributed by atoms with Crippen LogP contribution in [0, 0.1) is 0 Å². The number of hydrogen-bond acceptors (Lipinski definition) is 6. The van der Waals surface area contributed by atoms with E-state index < -0.39 is 11.7 Å². The van der Waals surface area contributed by atoms with Crippen LogP contribution in [0.25, 0.3) is 11.5 Å². The fourth-order valence-electron chi connectivity index (χ4n) is 3.80. The van der Waals surface area contributed by atoms with Crippen molar-refractivity contribution in [3.8, 4) is 5.82 Å². The molecule has 5 rings (SSSR count). The number of alkyl halides is 3. The molecule has 0 spiro atoms. The number of halogens is 3. The molecule has 154 valence electrons. The van der Waals surface area contributed by atoms with Crippen molar-refractivity contribution in [2.45, 2.75) is 24.9 Å². The standard InChI is InChI=1S/C19H17F3N8/c20-19(21,22)14-3-1-8-23-18(14)28-11-6-13(7-12-28)17-26-25-15-4-5-16(27-30(15)17)29-10-2-9-24-29/h1-5,8-10,13H,6-7,11-12H2. The van der Waals surface area contributed by atoms with Crippen molar-refractivity contribution < 1.29 is 13.2 Å². The first-order chi connectivity index (χ1) is 14.5. The number of pyridine rings is 1. The van der Waals surface area contributed by atoms with Crippen molar-refractivity contribution >= 4 is 11.5 Å². The zero-order valence-electron chi connectivity index (χ0n) is 15.7. The highest BCUT2D eigenvalue weighted by molar-refractivity contribution is 5.49. The second kappa shape index (κ2) is 7.08. The summed E-state index contributed by atoms with van der Waals surface area (Å²) < 4.78 is 43.3. The lowest BCUT2D eigenvalue weighted by Crippen LogP contribution is -2.35. The van der Waals surface area contributed by atoms with E-state index in [1.54, 1.807) is 26.5 Å². The summed E-state index contributed by atoms with van der Waals surface area (Å²) in [6.45, 7) is 0.886. The number of rotatable bonds is 3. The third-order valence-electron chi connectivity index (χ3n) is 5.26. The van der Waals surface area contributed by atoms with E-state index in [-0.39, 0.29) is 11.7 Å². The maximum atomic E-state index is 13.3. The monoisotopic (exact) mass is 414 g/mol. The number of aromatic nitrogens is 7. The van der Waals surface area contributed by atoms with Crippen LogP contribution in [0.1, 0.15) is 30.1 Å². The lowest BCUT2D eigenvalue weighted by molar-refractivity contribution is -0.137. The molecule has 1 aliphatic rings. The molecule has 0 unspecified atom stereocenters. The van der Waals surface area contributed by atoms with Crippen LogP contribution in [-0.4, -0.2) is 47.7 Å². The average Bonchev–Trinajstić information content (AvgIpc) is 3.43. The molecular formula is C19H17F3N8. The molecule has 4 aromatic rings. The van der Waals surface area contributed by atoms with Gasteiger partial charge in [-0.05, 0) is 43.2 Å². The largest absolute Gasteiger partial charge is 0.419 e. The Morgan fingerprint density at radius 2 is 1.80 bits per heavy atom. The molecule has 0 atom stereocenters. The first-order valence-electron chi connectivity index (χ1n) is 9.50. The smallest absolute Gasteiger partial charge is 0.356 e. The van der Waals surface area contributed by atoms with E-state index in [1.165, 1.54) is 12.3 Å². The van der Waals surface area contributed by atoms with Crippen molar-refractivity contribution in [2.75, 3.05) is 18.0 Å². The van der Waals surface area contributed by atoms with Crippen LogP contribution in [0.4, 0.5) is 19.0 Å². The van der Waals surface area contributed by atoms with E-state index in [2.05, 4.69) is 25.4 Å². The summed E-state index contributed by atoms with van der Waals surface area (Å²) in [6, 6.07) is 7.81. The van der Waals surface area contributed by atoms with Gasteiger partial charge in [0.05, 0.1) is 5.56 Å². The molecule has 0 radical (unpaired) electrons. The number of anilines is 1. The van der Waals surface area contributed by atoms with E-state index in [0.717, 1.165) is 6.07 Å². The molecule has 0 aromatic carbocycles. The van der Waals surface area contributed by atoms with Crippen molar-refractivity contribution in [3.63, 3.8) is 0 Å². The molecule has 0 aliphatic carbocycles. The molecule has 8 nitrogen and oxygen atoms in total. The quantitative estimate of drug-likeness (QED) is 0.513. The maximum absolute atomic E-state index is 13.3. The van der Waals surface area contributed by atoms with Crippen molar-refractivity contribution in [2.24, 2.45) is 0 Å². The zero-order chi connectivity index (χ0) is 20.7. The molecule has 0 N–H and O–H groups in total. The van der Waals surface area contributed by atoms with Crippen LogP contribution < -0.4 is 4.90 Å². The molecule has 0 bridgehead atoms. The molecule has 5 heterocycles. The lowest BCUT2D eigenvalue weighted by Gasteiger charge is -2.33. The van der Waals surface area contributed by atoms with E-state index in [0.29, 0.717) is 43.2 Å². The maximum Gasteiger partial charge on any atom is 0.419 e. The van der Waals surface area contributed by atoms with Gasteiger partial charge in [-0.2, -0.15) is 22.8 Å². The second-order valence-electron chi connectivity index (χ2n) is 7.10. The Bertz CT molecular complexity index is 1160. The molecular weight excluding hydrogens is 397 g/mol. The predicted molar refractivity (Wildman–Crippen MR) is 101 cm³/mol. The predicted octanol–water partition coefficient (Wildman–Crippen LogP) is 3.11. The van der Waals surface area contributed by atoms with Crippen LogP contribution in [0.3, 0.4) is 0 Å².